The van der Waals surface area contributed by atoms with Gasteiger partial charge >= 0.3 is 5.97 Å². The summed E-state index contributed by atoms with van der Waals surface area (Å²) in [5.41, 5.74) is 1.48. The van der Waals surface area contributed by atoms with E-state index in [2.05, 4.69) is 16.8 Å². The summed E-state index contributed by atoms with van der Waals surface area (Å²) in [6.07, 6.45) is 5.36. The molecule has 1 saturated heterocycles. The molecule has 0 saturated carbocycles. The molecular formula is C16H21N3O2. The van der Waals surface area contributed by atoms with E-state index in [1.165, 1.54) is 20.0 Å². The van der Waals surface area contributed by atoms with Crippen LogP contribution in [0.5, 0.6) is 0 Å². The number of hydrogen-bond donors (Lipinski definition) is 0. The second kappa shape index (κ2) is 5.85. The highest BCUT2D eigenvalue weighted by Crippen LogP contribution is 2.30. The van der Waals surface area contributed by atoms with Gasteiger partial charge in [-0.25, -0.2) is 9.78 Å². The summed E-state index contributed by atoms with van der Waals surface area (Å²) in [6.45, 7) is 4.27. The molecule has 21 heavy (non-hydrogen) atoms. The molecule has 0 N–H and O–H groups in total. The first-order chi connectivity index (χ1) is 10.3. The van der Waals surface area contributed by atoms with Crippen molar-refractivity contribution in [3.05, 3.63) is 35.9 Å². The van der Waals surface area contributed by atoms with E-state index in [9.17, 15) is 4.79 Å². The van der Waals surface area contributed by atoms with Crippen LogP contribution in [-0.2, 0) is 4.74 Å². The van der Waals surface area contributed by atoms with Gasteiger partial charge in [-0.05, 0) is 38.1 Å². The van der Waals surface area contributed by atoms with Crippen molar-refractivity contribution in [3.8, 4) is 0 Å². The van der Waals surface area contributed by atoms with Crippen LogP contribution in [-0.4, -0.2) is 40.5 Å². The summed E-state index contributed by atoms with van der Waals surface area (Å²) >= 11 is 0. The lowest BCUT2D eigenvalue weighted by Crippen LogP contribution is -2.34. The normalized spacial score (nSPS) is 19.8. The highest BCUT2D eigenvalue weighted by Gasteiger charge is 2.27. The number of ether oxygens (including phenoxy) is 1. The minimum absolute atomic E-state index is 0.275. The Morgan fingerprint density at radius 1 is 1.43 bits per heavy atom. The fraction of sp³-hybridized carbons (Fsp3) is 0.500. The lowest BCUT2D eigenvalue weighted by molar-refractivity contribution is 0.0590. The number of carbonyl (C=O) groups is 1. The first-order valence-corrected chi connectivity index (χ1v) is 7.55. The van der Waals surface area contributed by atoms with E-state index in [0.717, 1.165) is 30.9 Å². The molecule has 0 bridgehead atoms. The Morgan fingerprint density at radius 3 is 3.05 bits per heavy atom. The molecule has 2 aromatic rings. The quantitative estimate of drug-likeness (QED) is 0.814. The summed E-state index contributed by atoms with van der Waals surface area (Å²) in [7, 11) is 1.41. The molecule has 2 aromatic heterocycles. The van der Waals surface area contributed by atoms with Crippen molar-refractivity contribution in [2.45, 2.75) is 32.2 Å². The van der Waals surface area contributed by atoms with Crippen molar-refractivity contribution in [3.63, 3.8) is 0 Å². The van der Waals surface area contributed by atoms with E-state index in [0.29, 0.717) is 5.69 Å². The monoisotopic (exact) mass is 287 g/mol. The van der Waals surface area contributed by atoms with Crippen molar-refractivity contribution < 1.29 is 9.53 Å². The summed E-state index contributed by atoms with van der Waals surface area (Å²) in [5, 5.41) is 0. The summed E-state index contributed by atoms with van der Waals surface area (Å²) in [5.74, 6) is 0.631. The van der Waals surface area contributed by atoms with Gasteiger partial charge in [-0.3, -0.25) is 9.30 Å². The van der Waals surface area contributed by atoms with Gasteiger partial charge in [0.2, 0.25) is 0 Å². The van der Waals surface area contributed by atoms with E-state index < -0.39 is 0 Å². The van der Waals surface area contributed by atoms with Gasteiger partial charge in [-0.1, -0.05) is 19.4 Å². The number of piperidine rings is 1. The van der Waals surface area contributed by atoms with E-state index >= 15 is 0 Å². The molecule has 0 radical (unpaired) electrons. The Balaban J connectivity index is 2.12. The molecule has 5 nitrogen and oxygen atoms in total. The Hall–Kier alpha value is -1.88. The number of likely N-dealkylation sites (tertiary alicyclic amines) is 1. The first kappa shape index (κ1) is 14.1. The third-order valence-electron chi connectivity index (χ3n) is 4.29. The van der Waals surface area contributed by atoms with Gasteiger partial charge in [0.25, 0.3) is 0 Å². The van der Waals surface area contributed by atoms with Crippen LogP contribution in [0.15, 0.2) is 24.4 Å². The van der Waals surface area contributed by atoms with Crippen LogP contribution < -0.4 is 0 Å². The summed E-state index contributed by atoms with van der Waals surface area (Å²) in [6, 6.07) is 5.91. The minimum atomic E-state index is -0.321. The molecule has 0 aromatic carbocycles. The number of methoxy groups -OCH3 is 1. The van der Waals surface area contributed by atoms with Crippen molar-refractivity contribution in [2.75, 3.05) is 20.2 Å². The van der Waals surface area contributed by atoms with Crippen LogP contribution in [0.4, 0.5) is 0 Å². The number of pyridine rings is 1. The minimum Gasteiger partial charge on any atom is -0.464 e. The lowest BCUT2D eigenvalue weighted by Gasteiger charge is -2.34. The van der Waals surface area contributed by atoms with Crippen molar-refractivity contribution in [1.29, 1.82) is 0 Å². The number of carbonyl (C=O) groups excluding carboxylic acids is 1. The molecule has 0 spiro atoms. The van der Waals surface area contributed by atoms with Crippen molar-refractivity contribution in [2.24, 2.45) is 0 Å². The van der Waals surface area contributed by atoms with E-state index in [-0.39, 0.29) is 12.0 Å². The third kappa shape index (κ3) is 2.42. The standard InChI is InChI=1S/C16H21N3O2/c1-3-18-10-5-4-8-13(18)15-17-11-12-7-6-9-14(19(12)15)16(20)21-2/h6-7,9,11,13H,3-5,8,10H2,1-2H3. The average Bonchev–Trinajstić information content (AvgIpc) is 2.97. The van der Waals surface area contributed by atoms with Gasteiger partial charge < -0.3 is 4.74 Å². The van der Waals surface area contributed by atoms with Gasteiger partial charge in [0.15, 0.2) is 0 Å². The molecule has 1 fully saturated rings. The molecule has 112 valence electrons. The molecule has 3 rings (SSSR count). The summed E-state index contributed by atoms with van der Waals surface area (Å²) < 4.78 is 6.86. The SMILES string of the molecule is CCN1CCCCC1c1ncc2cccc(C(=O)OC)n12. The Kier molecular flexibility index (Phi) is 3.92. The fourth-order valence-corrected chi connectivity index (χ4v) is 3.23. The number of esters is 1. The van der Waals surface area contributed by atoms with Gasteiger partial charge in [0.05, 0.1) is 24.9 Å². The molecule has 5 heteroatoms. The van der Waals surface area contributed by atoms with Crippen LogP contribution in [0.1, 0.15) is 48.5 Å². The highest BCUT2D eigenvalue weighted by atomic mass is 16.5. The molecule has 0 amide bonds. The molecule has 0 aliphatic carbocycles. The van der Waals surface area contributed by atoms with Crippen molar-refractivity contribution in [1.82, 2.24) is 14.3 Å². The zero-order valence-corrected chi connectivity index (χ0v) is 12.6. The third-order valence-corrected chi connectivity index (χ3v) is 4.29. The van der Waals surface area contributed by atoms with E-state index in [4.69, 9.17) is 4.74 Å². The zero-order valence-electron chi connectivity index (χ0n) is 12.6. The van der Waals surface area contributed by atoms with Crippen LogP contribution in [0.3, 0.4) is 0 Å². The molecule has 1 aliphatic heterocycles. The fourth-order valence-electron chi connectivity index (χ4n) is 3.23. The number of rotatable bonds is 3. The van der Waals surface area contributed by atoms with Crippen LogP contribution in [0.2, 0.25) is 0 Å². The topological polar surface area (TPSA) is 46.8 Å². The maximum atomic E-state index is 12.0. The van der Waals surface area contributed by atoms with Gasteiger partial charge in [-0.15, -0.1) is 0 Å². The van der Waals surface area contributed by atoms with Gasteiger partial charge in [-0.2, -0.15) is 0 Å². The van der Waals surface area contributed by atoms with Crippen LogP contribution in [0, 0.1) is 0 Å². The molecule has 1 atom stereocenters. The molecular weight excluding hydrogens is 266 g/mol. The summed E-state index contributed by atoms with van der Waals surface area (Å²) in [4.78, 5) is 19.1. The number of fused-ring (bicyclic) bond motifs is 1. The Bertz CT molecular complexity index is 650. The van der Waals surface area contributed by atoms with E-state index in [1.54, 1.807) is 6.07 Å². The van der Waals surface area contributed by atoms with Crippen molar-refractivity contribution >= 4 is 11.5 Å². The van der Waals surface area contributed by atoms with Crippen LogP contribution >= 0.6 is 0 Å². The van der Waals surface area contributed by atoms with E-state index in [1.807, 2.05) is 22.7 Å². The second-order valence-electron chi connectivity index (χ2n) is 5.42. The molecule has 1 unspecified atom stereocenters. The van der Waals surface area contributed by atoms with Gasteiger partial charge in [0, 0.05) is 0 Å². The molecule has 3 heterocycles. The first-order valence-electron chi connectivity index (χ1n) is 7.55. The maximum Gasteiger partial charge on any atom is 0.355 e. The average molecular weight is 287 g/mol. The number of hydrogen-bond acceptors (Lipinski definition) is 4. The second-order valence-corrected chi connectivity index (χ2v) is 5.42. The largest absolute Gasteiger partial charge is 0.464 e. The number of nitrogens with zero attached hydrogens (tertiary/aromatic N) is 3. The number of imidazole rings is 1. The van der Waals surface area contributed by atoms with Gasteiger partial charge in [0.1, 0.15) is 11.5 Å². The smallest absolute Gasteiger partial charge is 0.355 e. The highest BCUT2D eigenvalue weighted by molar-refractivity contribution is 5.88. The lowest BCUT2D eigenvalue weighted by atomic mass is 10.0. The predicted molar refractivity (Wildman–Crippen MR) is 80.4 cm³/mol. The zero-order chi connectivity index (χ0) is 14.8. The Morgan fingerprint density at radius 2 is 2.29 bits per heavy atom. The Labute approximate surface area is 124 Å². The number of aromatic nitrogens is 2. The maximum absolute atomic E-state index is 12.0. The van der Waals surface area contributed by atoms with Crippen LogP contribution in [0.25, 0.3) is 5.52 Å². The predicted octanol–water partition coefficient (Wildman–Crippen LogP) is 2.67. The molecule has 1 aliphatic rings.